The van der Waals surface area contributed by atoms with Gasteiger partial charge in [-0.1, -0.05) is 27.7 Å². The molecule has 0 aliphatic rings. The SMILES string of the molecule is CC(CC#N)SC(C)C(C)C. The van der Waals surface area contributed by atoms with Gasteiger partial charge in [-0.25, -0.2) is 0 Å². The van der Waals surface area contributed by atoms with Crippen LogP contribution in [0.4, 0.5) is 0 Å². The second kappa shape index (κ2) is 5.49. The summed E-state index contributed by atoms with van der Waals surface area (Å²) in [4.78, 5) is 0. The lowest BCUT2D eigenvalue weighted by atomic mass is 10.2. The highest BCUT2D eigenvalue weighted by atomic mass is 32.2. The van der Waals surface area contributed by atoms with E-state index in [1.165, 1.54) is 0 Å². The van der Waals surface area contributed by atoms with Gasteiger partial charge in [-0.15, -0.1) is 0 Å². The quantitative estimate of drug-likeness (QED) is 0.649. The fraction of sp³-hybridized carbons (Fsp3) is 0.889. The molecule has 0 aromatic carbocycles. The fourth-order valence-electron chi connectivity index (χ4n) is 0.700. The van der Waals surface area contributed by atoms with E-state index in [1.807, 2.05) is 11.8 Å². The first-order valence-corrected chi connectivity index (χ1v) is 5.04. The van der Waals surface area contributed by atoms with Crippen LogP contribution in [0.3, 0.4) is 0 Å². The van der Waals surface area contributed by atoms with Crippen LogP contribution in [-0.4, -0.2) is 10.5 Å². The van der Waals surface area contributed by atoms with Crippen molar-refractivity contribution in [3.8, 4) is 6.07 Å². The molecule has 0 heterocycles. The highest BCUT2D eigenvalue weighted by molar-refractivity contribution is 8.00. The average molecular weight is 171 g/mol. The molecule has 1 nitrogen and oxygen atoms in total. The van der Waals surface area contributed by atoms with Gasteiger partial charge in [0.25, 0.3) is 0 Å². The molecular formula is C9H17NS. The van der Waals surface area contributed by atoms with E-state index in [0.717, 1.165) is 0 Å². The molecule has 0 bridgehead atoms. The second-order valence-electron chi connectivity index (χ2n) is 3.26. The van der Waals surface area contributed by atoms with Crippen molar-refractivity contribution in [1.29, 1.82) is 5.26 Å². The first-order chi connectivity index (χ1) is 5.07. The molecule has 0 fully saturated rings. The molecule has 0 aromatic heterocycles. The van der Waals surface area contributed by atoms with Gasteiger partial charge in [0.2, 0.25) is 0 Å². The molecule has 64 valence electrons. The summed E-state index contributed by atoms with van der Waals surface area (Å²) in [5.74, 6) is 0.709. The minimum absolute atomic E-state index is 0.484. The molecule has 2 atom stereocenters. The molecular weight excluding hydrogens is 154 g/mol. The minimum Gasteiger partial charge on any atom is -0.198 e. The fourth-order valence-corrected chi connectivity index (χ4v) is 1.92. The van der Waals surface area contributed by atoms with E-state index in [1.54, 1.807) is 0 Å². The summed E-state index contributed by atoms with van der Waals surface area (Å²) in [5.41, 5.74) is 0. The molecule has 0 aliphatic carbocycles. The summed E-state index contributed by atoms with van der Waals surface area (Å²) in [5, 5.41) is 9.57. The third kappa shape index (κ3) is 5.15. The number of hydrogen-bond acceptors (Lipinski definition) is 2. The molecule has 0 radical (unpaired) electrons. The Hall–Kier alpha value is -0.160. The first kappa shape index (κ1) is 10.8. The van der Waals surface area contributed by atoms with E-state index in [0.29, 0.717) is 22.8 Å². The van der Waals surface area contributed by atoms with Crippen LogP contribution >= 0.6 is 11.8 Å². The molecule has 2 heteroatoms. The number of nitrogens with zero attached hydrogens (tertiary/aromatic N) is 1. The van der Waals surface area contributed by atoms with E-state index in [9.17, 15) is 0 Å². The predicted molar refractivity (Wildman–Crippen MR) is 51.6 cm³/mol. The first-order valence-electron chi connectivity index (χ1n) is 4.10. The van der Waals surface area contributed by atoms with Gasteiger partial charge < -0.3 is 0 Å². The van der Waals surface area contributed by atoms with Crippen molar-refractivity contribution in [2.24, 2.45) is 5.92 Å². The van der Waals surface area contributed by atoms with Crippen LogP contribution in [-0.2, 0) is 0 Å². The van der Waals surface area contributed by atoms with Gasteiger partial charge >= 0.3 is 0 Å². The Morgan fingerprint density at radius 2 is 1.82 bits per heavy atom. The largest absolute Gasteiger partial charge is 0.198 e. The highest BCUT2D eigenvalue weighted by Gasteiger charge is 2.11. The van der Waals surface area contributed by atoms with Crippen LogP contribution in [0.25, 0.3) is 0 Å². The Morgan fingerprint density at radius 3 is 2.18 bits per heavy atom. The second-order valence-corrected chi connectivity index (χ2v) is 5.08. The molecule has 11 heavy (non-hydrogen) atoms. The molecule has 0 spiro atoms. The monoisotopic (exact) mass is 171 g/mol. The third-order valence-corrected chi connectivity index (χ3v) is 3.37. The van der Waals surface area contributed by atoms with Gasteiger partial charge in [0, 0.05) is 16.9 Å². The van der Waals surface area contributed by atoms with Crippen LogP contribution in [0, 0.1) is 17.2 Å². The predicted octanol–water partition coefficient (Wildman–Crippen LogP) is 3.07. The molecule has 0 N–H and O–H groups in total. The lowest BCUT2D eigenvalue weighted by molar-refractivity contribution is 0.639. The van der Waals surface area contributed by atoms with Crippen LogP contribution in [0.1, 0.15) is 34.1 Å². The maximum Gasteiger partial charge on any atom is 0.0633 e. The van der Waals surface area contributed by atoms with E-state index < -0.39 is 0 Å². The molecule has 0 aromatic rings. The normalized spacial score (nSPS) is 16.0. The maximum absolute atomic E-state index is 8.42. The van der Waals surface area contributed by atoms with Gasteiger partial charge in [-0.2, -0.15) is 17.0 Å². The number of thioether (sulfide) groups is 1. The number of nitriles is 1. The number of rotatable bonds is 4. The van der Waals surface area contributed by atoms with Gasteiger partial charge in [0.15, 0.2) is 0 Å². The molecule has 0 saturated heterocycles. The van der Waals surface area contributed by atoms with E-state index in [2.05, 4.69) is 33.8 Å². The summed E-state index contributed by atoms with van der Waals surface area (Å²) in [6.07, 6.45) is 0.668. The summed E-state index contributed by atoms with van der Waals surface area (Å²) in [7, 11) is 0. The Bertz CT molecular complexity index is 137. The van der Waals surface area contributed by atoms with Gasteiger partial charge in [-0.05, 0) is 5.92 Å². The summed E-state index contributed by atoms with van der Waals surface area (Å²) >= 11 is 1.91. The molecule has 0 saturated carbocycles. The summed E-state index contributed by atoms with van der Waals surface area (Å²) in [6, 6.07) is 2.19. The van der Waals surface area contributed by atoms with Crippen molar-refractivity contribution in [2.75, 3.05) is 0 Å². The zero-order valence-electron chi connectivity index (χ0n) is 7.79. The average Bonchev–Trinajstić information content (AvgIpc) is 1.87. The molecule has 0 amide bonds. The lowest BCUT2D eigenvalue weighted by Crippen LogP contribution is -2.10. The third-order valence-electron chi connectivity index (χ3n) is 1.76. The van der Waals surface area contributed by atoms with Gasteiger partial charge in [0.1, 0.15) is 0 Å². The Labute approximate surface area is 74.2 Å². The smallest absolute Gasteiger partial charge is 0.0633 e. The Morgan fingerprint density at radius 1 is 1.27 bits per heavy atom. The van der Waals surface area contributed by atoms with Crippen LogP contribution in [0.2, 0.25) is 0 Å². The van der Waals surface area contributed by atoms with Crippen LogP contribution in [0.5, 0.6) is 0 Å². The Kier molecular flexibility index (Phi) is 5.41. The topological polar surface area (TPSA) is 23.8 Å². The van der Waals surface area contributed by atoms with Crippen molar-refractivity contribution in [3.63, 3.8) is 0 Å². The van der Waals surface area contributed by atoms with Gasteiger partial charge in [-0.3, -0.25) is 0 Å². The standard InChI is InChI=1S/C9H17NS/c1-7(2)9(4)11-8(3)5-6-10/h7-9H,5H2,1-4H3. The zero-order valence-corrected chi connectivity index (χ0v) is 8.61. The molecule has 0 aliphatic heterocycles. The summed E-state index contributed by atoms with van der Waals surface area (Å²) < 4.78 is 0. The minimum atomic E-state index is 0.484. The number of hydrogen-bond donors (Lipinski definition) is 0. The zero-order chi connectivity index (χ0) is 8.85. The van der Waals surface area contributed by atoms with E-state index >= 15 is 0 Å². The van der Waals surface area contributed by atoms with Crippen molar-refractivity contribution in [1.82, 2.24) is 0 Å². The Balaban J connectivity index is 3.58. The van der Waals surface area contributed by atoms with Crippen LogP contribution < -0.4 is 0 Å². The van der Waals surface area contributed by atoms with Crippen molar-refractivity contribution < 1.29 is 0 Å². The van der Waals surface area contributed by atoms with Crippen molar-refractivity contribution >= 4 is 11.8 Å². The van der Waals surface area contributed by atoms with Gasteiger partial charge in [0.05, 0.1) is 6.07 Å². The molecule has 0 rings (SSSR count). The van der Waals surface area contributed by atoms with Crippen LogP contribution in [0.15, 0.2) is 0 Å². The maximum atomic E-state index is 8.42. The highest BCUT2D eigenvalue weighted by Crippen LogP contribution is 2.24. The van der Waals surface area contributed by atoms with Crippen molar-refractivity contribution in [2.45, 2.75) is 44.6 Å². The lowest BCUT2D eigenvalue weighted by Gasteiger charge is -2.17. The van der Waals surface area contributed by atoms with Crippen molar-refractivity contribution in [3.05, 3.63) is 0 Å². The van der Waals surface area contributed by atoms with E-state index in [4.69, 9.17) is 5.26 Å². The molecule has 2 unspecified atom stereocenters. The van der Waals surface area contributed by atoms with E-state index in [-0.39, 0.29) is 0 Å². The summed E-state index contributed by atoms with van der Waals surface area (Å²) in [6.45, 7) is 8.78.